The molecule has 0 unspecified atom stereocenters. The van der Waals surface area contributed by atoms with Crippen LogP contribution in [-0.4, -0.2) is 28.2 Å². The first-order chi connectivity index (χ1) is 9.10. The van der Waals surface area contributed by atoms with Gasteiger partial charge in [0.2, 0.25) is 5.56 Å². The Labute approximate surface area is 120 Å². The first-order valence-corrected chi connectivity index (χ1v) is 8.02. The molecule has 0 amide bonds. The van der Waals surface area contributed by atoms with Crippen molar-refractivity contribution in [3.63, 3.8) is 0 Å². The molecule has 0 fully saturated rings. The molecular weight excluding hydrogens is 304 g/mol. The van der Waals surface area contributed by atoms with E-state index >= 15 is 0 Å². The van der Waals surface area contributed by atoms with Gasteiger partial charge < -0.3 is 4.98 Å². The van der Waals surface area contributed by atoms with Crippen molar-refractivity contribution in [1.82, 2.24) is 19.7 Å². The summed E-state index contributed by atoms with van der Waals surface area (Å²) in [7, 11) is 1.33. The smallest absolute Gasteiger partial charge is 0.296 e. The number of pyridine rings is 1. The summed E-state index contributed by atoms with van der Waals surface area (Å²) in [6.45, 7) is 5.35. The lowest BCUT2D eigenvalue weighted by atomic mass is 10.1. The number of rotatable bonds is 2. The van der Waals surface area contributed by atoms with Crippen LogP contribution in [0.1, 0.15) is 20.8 Å². The molecule has 2 rings (SSSR count). The number of H-pyrrole nitrogens is 1. The fourth-order valence-electron chi connectivity index (χ4n) is 1.79. The van der Waals surface area contributed by atoms with E-state index in [1.54, 1.807) is 32.9 Å². The average molecular weight is 317 g/mol. The van der Waals surface area contributed by atoms with Crippen LogP contribution in [0.5, 0.6) is 0 Å². The van der Waals surface area contributed by atoms with Crippen molar-refractivity contribution in [3.8, 4) is 11.5 Å². The Morgan fingerprint density at radius 2 is 1.90 bits per heavy atom. The Balaban J connectivity index is 2.80. The van der Waals surface area contributed by atoms with Crippen molar-refractivity contribution in [2.45, 2.75) is 31.5 Å². The topological polar surface area (TPSA) is 97.7 Å². The second kappa shape index (κ2) is 4.71. The van der Waals surface area contributed by atoms with Gasteiger partial charge in [0.1, 0.15) is 0 Å². The monoisotopic (exact) mass is 316 g/mol. The van der Waals surface area contributed by atoms with Gasteiger partial charge in [0, 0.05) is 22.3 Å². The number of aromatic amines is 1. The van der Waals surface area contributed by atoms with E-state index in [1.807, 2.05) is 0 Å². The number of hydrogen-bond acceptors (Lipinski definition) is 5. The summed E-state index contributed by atoms with van der Waals surface area (Å²) in [5.41, 5.74) is -0.587. The van der Waals surface area contributed by atoms with Crippen molar-refractivity contribution in [2.24, 2.45) is 0 Å². The van der Waals surface area contributed by atoms with Gasteiger partial charge in [-0.3, -0.25) is 9.36 Å². The Morgan fingerprint density at radius 3 is 2.40 bits per heavy atom. The molecule has 2 heterocycles. The minimum absolute atomic E-state index is 0.231. The van der Waals surface area contributed by atoms with Crippen LogP contribution in [0.15, 0.2) is 28.2 Å². The highest BCUT2D eigenvalue weighted by atomic mass is 35.7. The molecule has 0 bridgehead atoms. The van der Waals surface area contributed by atoms with E-state index in [9.17, 15) is 13.2 Å². The van der Waals surface area contributed by atoms with E-state index in [1.165, 1.54) is 10.6 Å². The SMILES string of the molecule is CC(C)(C)n1c(-c2cccc(=O)[nH]2)nnc1S(=O)(=O)Cl. The molecule has 9 heteroatoms. The average Bonchev–Trinajstić information content (AvgIpc) is 2.72. The zero-order chi connectivity index (χ0) is 15.1. The molecule has 0 radical (unpaired) electrons. The van der Waals surface area contributed by atoms with E-state index in [4.69, 9.17) is 10.7 Å². The molecule has 2 aromatic rings. The Bertz CT molecular complexity index is 802. The number of hydrogen-bond donors (Lipinski definition) is 1. The highest BCUT2D eigenvalue weighted by Crippen LogP contribution is 2.27. The van der Waals surface area contributed by atoms with Crippen LogP contribution >= 0.6 is 10.7 Å². The lowest BCUT2D eigenvalue weighted by Gasteiger charge is -2.23. The molecule has 0 saturated heterocycles. The van der Waals surface area contributed by atoms with Crippen molar-refractivity contribution in [3.05, 3.63) is 28.6 Å². The van der Waals surface area contributed by atoms with Gasteiger partial charge >= 0.3 is 0 Å². The molecule has 0 aliphatic rings. The quantitative estimate of drug-likeness (QED) is 0.842. The third-order valence-electron chi connectivity index (χ3n) is 2.53. The van der Waals surface area contributed by atoms with Crippen LogP contribution in [-0.2, 0) is 14.6 Å². The second-order valence-electron chi connectivity index (χ2n) is 5.18. The minimum atomic E-state index is -4.04. The highest BCUT2D eigenvalue weighted by Gasteiger charge is 2.30. The van der Waals surface area contributed by atoms with E-state index < -0.39 is 14.6 Å². The molecule has 7 nitrogen and oxygen atoms in total. The van der Waals surface area contributed by atoms with Crippen molar-refractivity contribution >= 4 is 19.7 Å². The molecule has 0 aliphatic heterocycles. The summed E-state index contributed by atoms with van der Waals surface area (Å²) in [5.74, 6) is 0.231. The maximum atomic E-state index is 11.6. The van der Waals surface area contributed by atoms with E-state index in [0.717, 1.165) is 0 Å². The third-order valence-corrected chi connectivity index (χ3v) is 3.65. The summed E-state index contributed by atoms with van der Waals surface area (Å²) < 4.78 is 24.5. The molecular formula is C11H13ClN4O3S. The zero-order valence-electron chi connectivity index (χ0n) is 11.1. The first kappa shape index (κ1) is 14.7. The summed E-state index contributed by atoms with van der Waals surface area (Å²) in [5, 5.41) is 7.12. The van der Waals surface area contributed by atoms with E-state index in [2.05, 4.69) is 15.2 Å². The molecule has 1 N–H and O–H groups in total. The zero-order valence-corrected chi connectivity index (χ0v) is 12.7. The Hall–Kier alpha value is -1.67. The van der Waals surface area contributed by atoms with Gasteiger partial charge in [0.25, 0.3) is 14.2 Å². The Morgan fingerprint density at radius 1 is 1.25 bits per heavy atom. The maximum Gasteiger partial charge on any atom is 0.296 e. The van der Waals surface area contributed by atoms with E-state index in [0.29, 0.717) is 5.69 Å². The lowest BCUT2D eigenvalue weighted by Crippen LogP contribution is -2.26. The van der Waals surface area contributed by atoms with Gasteiger partial charge in [-0.2, -0.15) is 0 Å². The largest absolute Gasteiger partial charge is 0.319 e. The van der Waals surface area contributed by atoms with E-state index in [-0.39, 0.29) is 16.5 Å². The predicted molar refractivity (Wildman–Crippen MR) is 74.1 cm³/mol. The van der Waals surface area contributed by atoms with Crippen molar-refractivity contribution < 1.29 is 8.42 Å². The fourth-order valence-corrected chi connectivity index (χ4v) is 2.80. The van der Waals surface area contributed by atoms with Crippen LogP contribution in [0.2, 0.25) is 0 Å². The van der Waals surface area contributed by atoms with Crippen LogP contribution in [0.4, 0.5) is 0 Å². The van der Waals surface area contributed by atoms with Crippen LogP contribution in [0.3, 0.4) is 0 Å². The third kappa shape index (κ3) is 2.75. The highest BCUT2D eigenvalue weighted by molar-refractivity contribution is 8.13. The molecule has 0 spiro atoms. The van der Waals surface area contributed by atoms with Crippen LogP contribution < -0.4 is 5.56 Å². The van der Waals surface area contributed by atoms with Gasteiger partial charge in [-0.1, -0.05) is 6.07 Å². The van der Waals surface area contributed by atoms with Crippen LogP contribution in [0, 0.1) is 0 Å². The van der Waals surface area contributed by atoms with Gasteiger partial charge in [-0.15, -0.1) is 10.2 Å². The van der Waals surface area contributed by atoms with Gasteiger partial charge in [0.05, 0.1) is 5.69 Å². The summed E-state index contributed by atoms with van der Waals surface area (Å²) >= 11 is 0. The molecule has 0 aromatic carbocycles. The van der Waals surface area contributed by atoms with Gasteiger partial charge in [-0.05, 0) is 26.8 Å². The Kier molecular flexibility index (Phi) is 3.47. The maximum absolute atomic E-state index is 11.6. The molecule has 108 valence electrons. The minimum Gasteiger partial charge on any atom is -0.319 e. The lowest BCUT2D eigenvalue weighted by molar-refractivity contribution is 0.367. The summed E-state index contributed by atoms with van der Waals surface area (Å²) in [6.07, 6.45) is 0. The molecule has 2 aromatic heterocycles. The fraction of sp³-hybridized carbons (Fsp3) is 0.364. The van der Waals surface area contributed by atoms with Gasteiger partial charge in [-0.25, -0.2) is 8.42 Å². The number of halogens is 1. The van der Waals surface area contributed by atoms with Crippen molar-refractivity contribution in [1.29, 1.82) is 0 Å². The summed E-state index contributed by atoms with van der Waals surface area (Å²) in [6, 6.07) is 4.50. The number of aromatic nitrogens is 4. The molecule has 0 atom stereocenters. The van der Waals surface area contributed by atoms with Crippen molar-refractivity contribution in [2.75, 3.05) is 0 Å². The molecule has 0 aliphatic carbocycles. The number of nitrogens with one attached hydrogen (secondary N) is 1. The normalized spacial score (nSPS) is 12.6. The molecule has 20 heavy (non-hydrogen) atoms. The van der Waals surface area contributed by atoms with Gasteiger partial charge in [0.15, 0.2) is 5.82 Å². The standard InChI is InChI=1S/C11H13ClN4O3S/c1-11(2,3)16-9(7-5-4-6-8(17)13-7)14-15-10(16)20(12,18)19/h4-6H,1-3H3,(H,13,17). The summed E-state index contributed by atoms with van der Waals surface area (Å²) in [4.78, 5) is 14.0. The number of nitrogens with zero attached hydrogens (tertiary/aromatic N) is 3. The first-order valence-electron chi connectivity index (χ1n) is 5.71. The second-order valence-corrected chi connectivity index (χ2v) is 7.64. The predicted octanol–water partition coefficient (Wildman–Crippen LogP) is 1.32. The van der Waals surface area contributed by atoms with Crippen LogP contribution in [0.25, 0.3) is 11.5 Å². The molecule has 0 saturated carbocycles.